The minimum atomic E-state index is 0.176. The van der Waals surface area contributed by atoms with Gasteiger partial charge in [-0.1, -0.05) is 32.0 Å². The van der Waals surface area contributed by atoms with Crippen LogP contribution < -0.4 is 4.90 Å². The van der Waals surface area contributed by atoms with Crippen LogP contribution in [-0.4, -0.2) is 12.6 Å². The van der Waals surface area contributed by atoms with Crippen molar-refractivity contribution in [1.82, 2.24) is 0 Å². The van der Waals surface area contributed by atoms with Gasteiger partial charge in [0, 0.05) is 18.3 Å². The van der Waals surface area contributed by atoms with Crippen molar-refractivity contribution in [2.75, 3.05) is 11.4 Å². The summed E-state index contributed by atoms with van der Waals surface area (Å²) in [7, 11) is 0. The molecule has 0 amide bonds. The summed E-state index contributed by atoms with van der Waals surface area (Å²) >= 11 is 0. The molecule has 1 aromatic rings. The molecule has 2 nitrogen and oxygen atoms in total. The van der Waals surface area contributed by atoms with Gasteiger partial charge in [-0.3, -0.25) is 0 Å². The summed E-state index contributed by atoms with van der Waals surface area (Å²) < 4.78 is 0. The lowest BCUT2D eigenvalue weighted by molar-refractivity contribution is 0.614. The van der Waals surface area contributed by atoms with Crippen LogP contribution in [0.15, 0.2) is 24.3 Å². The summed E-state index contributed by atoms with van der Waals surface area (Å²) in [5.74, 6) is 0.703. The Kier molecular flexibility index (Phi) is 3.38. The van der Waals surface area contributed by atoms with Crippen molar-refractivity contribution < 1.29 is 0 Å². The van der Waals surface area contributed by atoms with Crippen molar-refractivity contribution in [2.45, 2.75) is 39.2 Å². The molecule has 0 spiro atoms. The molecule has 0 saturated carbocycles. The fraction of sp³-hybridized carbons (Fsp3) is 0.533. The van der Waals surface area contributed by atoms with Gasteiger partial charge in [-0.25, -0.2) is 0 Å². The van der Waals surface area contributed by atoms with Gasteiger partial charge in [-0.05, 0) is 30.9 Å². The average Bonchev–Trinajstić information content (AvgIpc) is 2.70. The molecular weight excluding hydrogens is 208 g/mol. The van der Waals surface area contributed by atoms with Gasteiger partial charge in [-0.2, -0.15) is 5.26 Å². The monoisotopic (exact) mass is 228 g/mol. The van der Waals surface area contributed by atoms with Gasteiger partial charge >= 0.3 is 0 Å². The fourth-order valence-electron chi connectivity index (χ4n) is 2.69. The first-order chi connectivity index (χ1) is 8.15. The van der Waals surface area contributed by atoms with E-state index in [1.807, 2.05) is 0 Å². The summed E-state index contributed by atoms with van der Waals surface area (Å²) in [6, 6.07) is 11.3. The number of anilines is 1. The average molecular weight is 228 g/mol. The van der Waals surface area contributed by atoms with Crippen LogP contribution in [0.25, 0.3) is 0 Å². The van der Waals surface area contributed by atoms with Crippen LogP contribution in [0.5, 0.6) is 0 Å². The second-order valence-electron chi connectivity index (χ2n) is 5.17. The van der Waals surface area contributed by atoms with Crippen molar-refractivity contribution in [2.24, 2.45) is 5.92 Å². The van der Waals surface area contributed by atoms with Gasteiger partial charge in [0.05, 0.1) is 12.0 Å². The zero-order chi connectivity index (χ0) is 12.4. The molecule has 1 aliphatic heterocycles. The smallest absolute Gasteiger partial charge is 0.0681 e. The van der Waals surface area contributed by atoms with Crippen molar-refractivity contribution in [3.8, 4) is 6.07 Å². The number of nitriles is 1. The van der Waals surface area contributed by atoms with Crippen LogP contribution in [0, 0.1) is 17.2 Å². The van der Waals surface area contributed by atoms with E-state index in [-0.39, 0.29) is 5.92 Å². The molecule has 0 aliphatic carbocycles. The third kappa shape index (κ3) is 2.15. The maximum absolute atomic E-state index is 9.10. The Morgan fingerprint density at radius 1 is 1.35 bits per heavy atom. The SMILES string of the molecule is CC(C)c1ccccc1N1CCC(C#N)C1C. The number of hydrogen-bond acceptors (Lipinski definition) is 2. The zero-order valence-corrected chi connectivity index (χ0v) is 10.9. The largest absolute Gasteiger partial charge is 0.367 e. The second-order valence-corrected chi connectivity index (χ2v) is 5.17. The molecule has 2 atom stereocenters. The van der Waals surface area contributed by atoms with Gasteiger partial charge in [0.15, 0.2) is 0 Å². The molecule has 1 aromatic carbocycles. The quantitative estimate of drug-likeness (QED) is 0.774. The molecular formula is C15H20N2. The Morgan fingerprint density at radius 3 is 2.65 bits per heavy atom. The number of rotatable bonds is 2. The molecule has 0 aromatic heterocycles. The minimum Gasteiger partial charge on any atom is -0.367 e. The van der Waals surface area contributed by atoms with E-state index in [4.69, 9.17) is 5.26 Å². The van der Waals surface area contributed by atoms with Gasteiger partial charge in [-0.15, -0.1) is 0 Å². The molecule has 1 heterocycles. The van der Waals surface area contributed by atoms with Crippen LogP contribution >= 0.6 is 0 Å². The van der Waals surface area contributed by atoms with E-state index in [0.717, 1.165) is 13.0 Å². The van der Waals surface area contributed by atoms with Crippen LogP contribution in [0.3, 0.4) is 0 Å². The number of nitrogens with zero attached hydrogens (tertiary/aromatic N) is 2. The first-order valence-electron chi connectivity index (χ1n) is 6.40. The highest BCUT2D eigenvalue weighted by Gasteiger charge is 2.31. The summed E-state index contributed by atoms with van der Waals surface area (Å²) in [4.78, 5) is 2.39. The standard InChI is InChI=1S/C15H20N2/c1-11(2)14-6-4-5-7-15(14)17-9-8-13(10-16)12(17)3/h4-7,11-13H,8-9H2,1-3H3. The van der Waals surface area contributed by atoms with Crippen LogP contribution in [0.2, 0.25) is 0 Å². The molecule has 1 fully saturated rings. The lowest BCUT2D eigenvalue weighted by Crippen LogP contribution is -2.30. The van der Waals surface area contributed by atoms with E-state index in [2.05, 4.69) is 56.0 Å². The van der Waals surface area contributed by atoms with E-state index in [1.54, 1.807) is 0 Å². The lowest BCUT2D eigenvalue weighted by atomic mass is 9.99. The maximum atomic E-state index is 9.10. The number of para-hydroxylation sites is 1. The van der Waals surface area contributed by atoms with Gasteiger partial charge in [0.1, 0.15) is 0 Å². The van der Waals surface area contributed by atoms with E-state index in [1.165, 1.54) is 11.3 Å². The van der Waals surface area contributed by atoms with E-state index in [0.29, 0.717) is 12.0 Å². The highest BCUT2D eigenvalue weighted by molar-refractivity contribution is 5.56. The van der Waals surface area contributed by atoms with Crippen molar-refractivity contribution >= 4 is 5.69 Å². The van der Waals surface area contributed by atoms with Gasteiger partial charge < -0.3 is 4.90 Å². The van der Waals surface area contributed by atoms with Crippen molar-refractivity contribution in [3.63, 3.8) is 0 Å². The molecule has 2 heteroatoms. The number of benzene rings is 1. The second kappa shape index (κ2) is 4.79. The highest BCUT2D eigenvalue weighted by atomic mass is 15.2. The predicted octanol–water partition coefficient (Wildman–Crippen LogP) is 3.55. The van der Waals surface area contributed by atoms with E-state index < -0.39 is 0 Å². The van der Waals surface area contributed by atoms with Gasteiger partial charge in [0.2, 0.25) is 0 Å². The highest BCUT2D eigenvalue weighted by Crippen LogP contribution is 2.34. The Hall–Kier alpha value is -1.49. The van der Waals surface area contributed by atoms with Crippen LogP contribution in [0.4, 0.5) is 5.69 Å². The zero-order valence-electron chi connectivity index (χ0n) is 10.9. The van der Waals surface area contributed by atoms with E-state index in [9.17, 15) is 0 Å². The summed E-state index contributed by atoms with van der Waals surface area (Å²) in [5.41, 5.74) is 2.70. The number of hydrogen-bond donors (Lipinski definition) is 0. The Morgan fingerprint density at radius 2 is 2.06 bits per heavy atom. The van der Waals surface area contributed by atoms with Crippen molar-refractivity contribution in [3.05, 3.63) is 29.8 Å². The maximum Gasteiger partial charge on any atom is 0.0681 e. The molecule has 0 bridgehead atoms. The van der Waals surface area contributed by atoms with Crippen LogP contribution in [0.1, 0.15) is 38.7 Å². The fourth-order valence-corrected chi connectivity index (χ4v) is 2.69. The minimum absolute atomic E-state index is 0.176. The lowest BCUT2D eigenvalue weighted by Gasteiger charge is -2.28. The van der Waals surface area contributed by atoms with Crippen molar-refractivity contribution in [1.29, 1.82) is 5.26 Å². The summed E-state index contributed by atoms with van der Waals surface area (Å²) in [6.45, 7) is 7.61. The molecule has 1 saturated heterocycles. The molecule has 2 unspecified atom stereocenters. The molecule has 17 heavy (non-hydrogen) atoms. The topological polar surface area (TPSA) is 27.0 Å². The molecule has 2 rings (SSSR count). The summed E-state index contributed by atoms with van der Waals surface area (Å²) in [6.07, 6.45) is 0.990. The molecule has 1 aliphatic rings. The molecule has 0 N–H and O–H groups in total. The Labute approximate surface area is 104 Å². The third-order valence-electron chi connectivity index (χ3n) is 3.79. The normalized spacial score (nSPS) is 24.1. The van der Waals surface area contributed by atoms with Crippen LogP contribution in [-0.2, 0) is 0 Å². The first-order valence-corrected chi connectivity index (χ1v) is 6.40. The predicted molar refractivity (Wildman–Crippen MR) is 71.1 cm³/mol. The third-order valence-corrected chi connectivity index (χ3v) is 3.79. The summed E-state index contributed by atoms with van der Waals surface area (Å²) in [5, 5.41) is 9.10. The Balaban J connectivity index is 2.33. The molecule has 90 valence electrons. The first kappa shape index (κ1) is 12.0. The van der Waals surface area contributed by atoms with E-state index >= 15 is 0 Å². The Bertz CT molecular complexity index is 431. The van der Waals surface area contributed by atoms with Gasteiger partial charge in [0.25, 0.3) is 0 Å². The molecule has 0 radical (unpaired) electrons.